The lowest BCUT2D eigenvalue weighted by Crippen LogP contribution is -2.36. The van der Waals surface area contributed by atoms with Gasteiger partial charge in [-0.15, -0.1) is 0 Å². The van der Waals surface area contributed by atoms with Gasteiger partial charge in [-0.25, -0.2) is 0 Å². The fraction of sp³-hybridized carbons (Fsp3) is 0.105. The van der Waals surface area contributed by atoms with Crippen LogP contribution in [0.1, 0.15) is 11.1 Å². The zero-order chi connectivity index (χ0) is 19.6. The molecule has 138 valence electrons. The number of halogens is 2. The molecule has 27 heavy (non-hydrogen) atoms. The van der Waals surface area contributed by atoms with E-state index in [1.54, 1.807) is 30.3 Å². The number of hydrogen-bond acceptors (Lipinski definition) is 4. The van der Waals surface area contributed by atoms with Crippen LogP contribution in [0.25, 0.3) is 6.08 Å². The van der Waals surface area contributed by atoms with Gasteiger partial charge in [-0.1, -0.05) is 47.0 Å². The van der Waals surface area contributed by atoms with E-state index in [0.717, 1.165) is 22.2 Å². The Labute approximate surface area is 170 Å². The number of imide groups is 1. The number of nitrogens with zero attached hydrogens (tertiary/aromatic N) is 1. The van der Waals surface area contributed by atoms with Gasteiger partial charge in [0.1, 0.15) is 6.54 Å². The third kappa shape index (κ3) is 4.71. The minimum Gasteiger partial charge on any atom is -0.325 e. The van der Waals surface area contributed by atoms with Crippen molar-refractivity contribution in [1.82, 2.24) is 4.90 Å². The van der Waals surface area contributed by atoms with Gasteiger partial charge in [-0.05, 0) is 54.6 Å². The third-order valence-corrected chi connectivity index (χ3v) is 5.23. The van der Waals surface area contributed by atoms with Crippen molar-refractivity contribution in [3.63, 3.8) is 0 Å². The topological polar surface area (TPSA) is 66.5 Å². The molecule has 1 aliphatic heterocycles. The fourth-order valence-electron chi connectivity index (χ4n) is 2.38. The second-order valence-electron chi connectivity index (χ2n) is 5.85. The molecule has 0 aromatic heterocycles. The molecule has 0 atom stereocenters. The summed E-state index contributed by atoms with van der Waals surface area (Å²) in [6, 6.07) is 12.1. The molecular formula is C19H14Cl2N2O3S. The van der Waals surface area contributed by atoms with Gasteiger partial charge < -0.3 is 5.32 Å². The highest BCUT2D eigenvalue weighted by Crippen LogP contribution is 2.33. The van der Waals surface area contributed by atoms with E-state index < -0.39 is 17.1 Å². The van der Waals surface area contributed by atoms with Crippen molar-refractivity contribution >= 4 is 63.8 Å². The summed E-state index contributed by atoms with van der Waals surface area (Å²) < 4.78 is 0. The standard InChI is InChI=1S/C19H14Cl2N2O3S/c1-11-2-6-14(7-3-11)22-17(24)10-23-18(25)16(27-19(23)26)8-12-4-5-13(20)9-15(12)21/h2-9H,10H2,1H3,(H,22,24). The minimum absolute atomic E-state index is 0.201. The van der Waals surface area contributed by atoms with Gasteiger partial charge in [0.05, 0.1) is 4.91 Å². The number of amides is 3. The molecule has 1 heterocycles. The van der Waals surface area contributed by atoms with Gasteiger partial charge in [-0.2, -0.15) is 0 Å². The normalized spacial score (nSPS) is 15.5. The van der Waals surface area contributed by atoms with E-state index in [1.807, 2.05) is 19.1 Å². The van der Waals surface area contributed by atoms with E-state index >= 15 is 0 Å². The summed E-state index contributed by atoms with van der Waals surface area (Å²) in [5.74, 6) is -0.984. The highest BCUT2D eigenvalue weighted by atomic mass is 35.5. The first-order chi connectivity index (χ1) is 12.8. The first kappa shape index (κ1) is 19.5. The Hall–Kier alpha value is -2.28. The van der Waals surface area contributed by atoms with Gasteiger partial charge in [-0.3, -0.25) is 19.3 Å². The average molecular weight is 421 g/mol. The molecule has 8 heteroatoms. The highest BCUT2D eigenvalue weighted by Gasteiger charge is 2.36. The summed E-state index contributed by atoms with van der Waals surface area (Å²) in [7, 11) is 0. The number of carbonyl (C=O) groups is 3. The molecule has 0 spiro atoms. The van der Waals surface area contributed by atoms with Gasteiger partial charge in [0.25, 0.3) is 11.1 Å². The summed E-state index contributed by atoms with van der Waals surface area (Å²) in [6.45, 7) is 1.58. The van der Waals surface area contributed by atoms with Crippen molar-refractivity contribution in [2.45, 2.75) is 6.92 Å². The summed E-state index contributed by atoms with van der Waals surface area (Å²) in [6.07, 6.45) is 1.52. The smallest absolute Gasteiger partial charge is 0.294 e. The van der Waals surface area contributed by atoms with Crippen molar-refractivity contribution in [3.05, 3.63) is 68.5 Å². The van der Waals surface area contributed by atoms with Gasteiger partial charge in [0.2, 0.25) is 5.91 Å². The molecule has 2 aromatic rings. The second-order valence-corrected chi connectivity index (χ2v) is 7.68. The van der Waals surface area contributed by atoms with Crippen molar-refractivity contribution in [2.24, 2.45) is 0 Å². The number of carbonyl (C=O) groups excluding carboxylic acids is 3. The van der Waals surface area contributed by atoms with Crippen LogP contribution in [-0.2, 0) is 9.59 Å². The van der Waals surface area contributed by atoms with Crippen LogP contribution in [0.2, 0.25) is 10.0 Å². The Balaban J connectivity index is 1.71. The third-order valence-electron chi connectivity index (χ3n) is 3.76. The second kappa shape index (κ2) is 8.17. The molecule has 0 radical (unpaired) electrons. The fourth-order valence-corrected chi connectivity index (χ4v) is 3.67. The van der Waals surface area contributed by atoms with Crippen LogP contribution >= 0.6 is 35.0 Å². The van der Waals surface area contributed by atoms with Gasteiger partial charge in [0, 0.05) is 15.7 Å². The molecular weight excluding hydrogens is 407 g/mol. The van der Waals surface area contributed by atoms with E-state index in [9.17, 15) is 14.4 Å². The zero-order valence-corrected chi connectivity index (χ0v) is 16.5. The van der Waals surface area contributed by atoms with E-state index in [0.29, 0.717) is 21.3 Å². The van der Waals surface area contributed by atoms with Gasteiger partial charge >= 0.3 is 0 Å². The van der Waals surface area contributed by atoms with Crippen LogP contribution in [-0.4, -0.2) is 28.5 Å². The predicted molar refractivity (Wildman–Crippen MR) is 109 cm³/mol. The minimum atomic E-state index is -0.532. The maximum atomic E-state index is 12.5. The summed E-state index contributed by atoms with van der Waals surface area (Å²) in [5, 5.41) is 3.00. The number of thioether (sulfide) groups is 1. The van der Waals surface area contributed by atoms with Crippen molar-refractivity contribution in [2.75, 3.05) is 11.9 Å². The largest absolute Gasteiger partial charge is 0.325 e. The lowest BCUT2D eigenvalue weighted by Gasteiger charge is -2.12. The number of hydrogen-bond donors (Lipinski definition) is 1. The molecule has 1 saturated heterocycles. The average Bonchev–Trinajstić information content (AvgIpc) is 2.87. The molecule has 3 rings (SSSR count). The zero-order valence-electron chi connectivity index (χ0n) is 14.2. The SMILES string of the molecule is Cc1ccc(NC(=O)CN2C(=O)SC(=Cc3ccc(Cl)cc3Cl)C2=O)cc1. The van der Waals surface area contributed by atoms with Crippen LogP contribution in [0, 0.1) is 6.92 Å². The number of nitrogens with one attached hydrogen (secondary N) is 1. The predicted octanol–water partition coefficient (Wildman–Crippen LogP) is 4.98. The van der Waals surface area contributed by atoms with Crippen molar-refractivity contribution in [3.8, 4) is 0 Å². The Morgan fingerprint density at radius 2 is 1.85 bits per heavy atom. The van der Waals surface area contributed by atoms with Crippen LogP contribution in [0.4, 0.5) is 10.5 Å². The Morgan fingerprint density at radius 1 is 1.15 bits per heavy atom. The summed E-state index contributed by atoms with van der Waals surface area (Å²) in [5.41, 5.74) is 2.22. The molecule has 1 fully saturated rings. The number of aryl methyl sites for hydroxylation is 1. The number of benzene rings is 2. The molecule has 0 aliphatic carbocycles. The molecule has 2 aromatic carbocycles. The van der Waals surface area contributed by atoms with Crippen molar-refractivity contribution in [1.29, 1.82) is 0 Å². The Morgan fingerprint density at radius 3 is 2.52 bits per heavy atom. The van der Waals surface area contributed by atoms with Crippen LogP contribution in [0.5, 0.6) is 0 Å². The van der Waals surface area contributed by atoms with E-state index in [4.69, 9.17) is 23.2 Å². The number of rotatable bonds is 4. The van der Waals surface area contributed by atoms with E-state index in [-0.39, 0.29) is 11.4 Å². The van der Waals surface area contributed by atoms with Crippen molar-refractivity contribution < 1.29 is 14.4 Å². The van der Waals surface area contributed by atoms with E-state index in [2.05, 4.69) is 5.32 Å². The monoisotopic (exact) mass is 420 g/mol. The van der Waals surface area contributed by atoms with Crippen LogP contribution in [0.3, 0.4) is 0 Å². The van der Waals surface area contributed by atoms with E-state index in [1.165, 1.54) is 6.08 Å². The highest BCUT2D eigenvalue weighted by molar-refractivity contribution is 8.18. The molecule has 3 amide bonds. The maximum absolute atomic E-state index is 12.5. The van der Waals surface area contributed by atoms with Crippen LogP contribution in [0.15, 0.2) is 47.4 Å². The maximum Gasteiger partial charge on any atom is 0.294 e. The molecule has 0 saturated carbocycles. The summed E-state index contributed by atoms with van der Waals surface area (Å²) in [4.78, 5) is 37.9. The lowest BCUT2D eigenvalue weighted by molar-refractivity contribution is -0.127. The molecule has 0 unspecified atom stereocenters. The molecule has 0 bridgehead atoms. The molecule has 1 aliphatic rings. The number of anilines is 1. The Kier molecular flexibility index (Phi) is 5.89. The molecule has 5 nitrogen and oxygen atoms in total. The quantitative estimate of drug-likeness (QED) is 0.708. The van der Waals surface area contributed by atoms with Gasteiger partial charge in [0.15, 0.2) is 0 Å². The Bertz CT molecular complexity index is 958. The van der Waals surface area contributed by atoms with Crippen LogP contribution < -0.4 is 5.32 Å². The molecule has 1 N–H and O–H groups in total. The summed E-state index contributed by atoms with van der Waals surface area (Å²) >= 11 is 12.7. The first-order valence-electron chi connectivity index (χ1n) is 7.90. The first-order valence-corrected chi connectivity index (χ1v) is 9.47. The lowest BCUT2D eigenvalue weighted by atomic mass is 10.2.